The topological polar surface area (TPSA) is 39.7 Å². The summed E-state index contributed by atoms with van der Waals surface area (Å²) in [5.41, 5.74) is 3.07. The van der Waals surface area contributed by atoms with Gasteiger partial charge in [-0.1, -0.05) is 30.3 Å². The van der Waals surface area contributed by atoms with Crippen LogP contribution in [0.15, 0.2) is 53.5 Å². The number of nitrogens with one attached hydrogen (secondary N) is 2. The van der Waals surface area contributed by atoms with Crippen molar-refractivity contribution in [2.75, 3.05) is 32.6 Å². The smallest absolute Gasteiger partial charge is 0.191 e. The molecule has 2 N–H and O–H groups in total. The fourth-order valence-corrected chi connectivity index (χ4v) is 3.15. The molecule has 0 amide bonds. The monoisotopic (exact) mass is 354 g/mol. The minimum Gasteiger partial charge on any atom is -0.378 e. The summed E-state index contributed by atoms with van der Waals surface area (Å²) >= 11 is 0. The highest BCUT2D eigenvalue weighted by Crippen LogP contribution is 2.48. The number of hydrogen-bond donors (Lipinski definition) is 2. The molecule has 0 aromatic heterocycles. The molecule has 1 saturated carbocycles. The molecule has 1 fully saturated rings. The number of aliphatic imine (C=N–C) groups is 1. The molecule has 0 bridgehead atoms. The van der Waals surface area contributed by atoms with E-state index in [1.807, 2.05) is 26.2 Å². The van der Waals surface area contributed by atoms with E-state index in [2.05, 4.69) is 44.8 Å². The predicted molar refractivity (Wildman–Crippen MR) is 106 cm³/mol. The van der Waals surface area contributed by atoms with Crippen molar-refractivity contribution in [1.82, 2.24) is 10.6 Å². The summed E-state index contributed by atoms with van der Waals surface area (Å²) in [4.78, 5) is 6.37. The Morgan fingerprint density at radius 1 is 1.08 bits per heavy atom. The summed E-state index contributed by atoms with van der Waals surface area (Å²) in [5, 5.41) is 6.69. The summed E-state index contributed by atoms with van der Waals surface area (Å²) < 4.78 is 14.1. The van der Waals surface area contributed by atoms with Crippen molar-refractivity contribution in [3.63, 3.8) is 0 Å². The van der Waals surface area contributed by atoms with Gasteiger partial charge in [-0.25, -0.2) is 4.39 Å². The zero-order valence-electron chi connectivity index (χ0n) is 15.7. The van der Waals surface area contributed by atoms with Crippen molar-refractivity contribution in [3.05, 3.63) is 65.5 Å². The number of halogens is 1. The fourth-order valence-electron chi connectivity index (χ4n) is 3.15. The molecular formula is C21H27FN4. The average Bonchev–Trinajstić information content (AvgIpc) is 3.43. The van der Waals surface area contributed by atoms with Crippen LogP contribution in [0.1, 0.15) is 24.0 Å². The molecule has 0 unspecified atom stereocenters. The quantitative estimate of drug-likeness (QED) is 0.618. The van der Waals surface area contributed by atoms with E-state index in [4.69, 9.17) is 0 Å². The van der Waals surface area contributed by atoms with Gasteiger partial charge in [0.05, 0.1) is 0 Å². The maximum atomic E-state index is 14.1. The van der Waals surface area contributed by atoms with Gasteiger partial charge >= 0.3 is 0 Å². The third-order valence-corrected chi connectivity index (χ3v) is 5.03. The Kier molecular flexibility index (Phi) is 5.45. The van der Waals surface area contributed by atoms with Gasteiger partial charge in [0, 0.05) is 45.3 Å². The maximum Gasteiger partial charge on any atom is 0.191 e. The van der Waals surface area contributed by atoms with E-state index in [1.165, 1.54) is 11.3 Å². The molecule has 0 spiro atoms. The van der Waals surface area contributed by atoms with E-state index in [0.717, 1.165) is 24.4 Å². The van der Waals surface area contributed by atoms with Crippen LogP contribution in [-0.2, 0) is 12.0 Å². The molecule has 0 radical (unpaired) electrons. The Morgan fingerprint density at radius 3 is 2.35 bits per heavy atom. The second-order valence-corrected chi connectivity index (χ2v) is 7.10. The highest BCUT2D eigenvalue weighted by Gasteiger charge is 2.45. The number of hydrogen-bond acceptors (Lipinski definition) is 2. The van der Waals surface area contributed by atoms with Gasteiger partial charge in [0.1, 0.15) is 5.82 Å². The number of rotatable bonds is 6. The molecule has 4 nitrogen and oxygen atoms in total. The molecule has 0 heterocycles. The normalized spacial score (nSPS) is 15.5. The van der Waals surface area contributed by atoms with E-state index in [9.17, 15) is 4.39 Å². The van der Waals surface area contributed by atoms with Gasteiger partial charge in [0.25, 0.3) is 0 Å². The first-order valence-electron chi connectivity index (χ1n) is 9.00. The standard InChI is InChI=1S/C21H27FN4/c1-23-20(24-14-16-8-10-17(11-9-16)26(2)3)25-15-21(12-13-21)18-6-4-5-7-19(18)22/h4-11H,12-15H2,1-3H3,(H2,23,24,25). The molecule has 2 aromatic carbocycles. The number of benzene rings is 2. The lowest BCUT2D eigenvalue weighted by atomic mass is 9.95. The zero-order valence-corrected chi connectivity index (χ0v) is 15.7. The molecule has 5 heteroatoms. The van der Waals surface area contributed by atoms with Crippen molar-refractivity contribution in [2.24, 2.45) is 4.99 Å². The van der Waals surface area contributed by atoms with Crippen LogP contribution in [0.5, 0.6) is 0 Å². The Labute approximate surface area is 155 Å². The Morgan fingerprint density at radius 2 is 1.77 bits per heavy atom. The Balaban J connectivity index is 1.55. The first-order chi connectivity index (χ1) is 12.5. The van der Waals surface area contributed by atoms with Gasteiger partial charge in [-0.2, -0.15) is 0 Å². The third kappa shape index (κ3) is 4.15. The first-order valence-corrected chi connectivity index (χ1v) is 9.00. The summed E-state index contributed by atoms with van der Waals surface area (Å²) in [5.74, 6) is 0.625. The summed E-state index contributed by atoms with van der Waals surface area (Å²) in [7, 11) is 5.82. The predicted octanol–water partition coefficient (Wildman–Crippen LogP) is 3.29. The van der Waals surface area contributed by atoms with Crippen molar-refractivity contribution in [3.8, 4) is 0 Å². The summed E-state index contributed by atoms with van der Waals surface area (Å²) in [6.45, 7) is 1.38. The first kappa shape index (κ1) is 18.2. The number of guanidine groups is 1. The van der Waals surface area contributed by atoms with Gasteiger partial charge in [0.2, 0.25) is 0 Å². The molecule has 1 aliphatic carbocycles. The van der Waals surface area contributed by atoms with Crippen LogP contribution < -0.4 is 15.5 Å². The zero-order chi connectivity index (χ0) is 18.6. The van der Waals surface area contributed by atoms with E-state index in [0.29, 0.717) is 13.1 Å². The summed E-state index contributed by atoms with van der Waals surface area (Å²) in [6.07, 6.45) is 2.01. The molecule has 26 heavy (non-hydrogen) atoms. The molecule has 1 aliphatic rings. The lowest BCUT2D eigenvalue weighted by molar-refractivity contribution is 0.559. The van der Waals surface area contributed by atoms with E-state index in [1.54, 1.807) is 19.2 Å². The molecule has 0 atom stereocenters. The van der Waals surface area contributed by atoms with Crippen molar-refractivity contribution in [1.29, 1.82) is 0 Å². The van der Waals surface area contributed by atoms with E-state index < -0.39 is 0 Å². The molecule has 0 saturated heterocycles. The minimum atomic E-state index is -0.115. The van der Waals surface area contributed by atoms with Crippen LogP contribution >= 0.6 is 0 Å². The van der Waals surface area contributed by atoms with Crippen LogP contribution in [0.4, 0.5) is 10.1 Å². The maximum absolute atomic E-state index is 14.1. The number of anilines is 1. The van der Waals surface area contributed by atoms with Gasteiger partial charge in [-0.05, 0) is 42.2 Å². The second-order valence-electron chi connectivity index (χ2n) is 7.10. The molecule has 0 aliphatic heterocycles. The average molecular weight is 354 g/mol. The van der Waals surface area contributed by atoms with Crippen LogP contribution in [-0.4, -0.2) is 33.6 Å². The van der Waals surface area contributed by atoms with Crippen molar-refractivity contribution in [2.45, 2.75) is 24.8 Å². The molecule has 2 aromatic rings. The molecule has 3 rings (SSSR count). The highest BCUT2D eigenvalue weighted by atomic mass is 19.1. The van der Waals surface area contributed by atoms with Gasteiger partial charge in [0.15, 0.2) is 5.96 Å². The number of nitrogens with zero attached hydrogens (tertiary/aromatic N) is 2. The minimum absolute atomic E-state index is 0.101. The van der Waals surface area contributed by atoms with Gasteiger partial charge in [-0.3, -0.25) is 4.99 Å². The SMILES string of the molecule is CN=C(NCc1ccc(N(C)C)cc1)NCC1(c2ccccc2F)CC1. The molecule has 138 valence electrons. The molecular weight excluding hydrogens is 327 g/mol. The van der Waals surface area contributed by atoms with Crippen molar-refractivity contribution >= 4 is 11.6 Å². The van der Waals surface area contributed by atoms with Crippen LogP contribution in [0, 0.1) is 5.82 Å². The lowest BCUT2D eigenvalue weighted by Gasteiger charge is -2.19. The van der Waals surface area contributed by atoms with Crippen LogP contribution in [0.3, 0.4) is 0 Å². The lowest BCUT2D eigenvalue weighted by Crippen LogP contribution is -2.41. The fraction of sp³-hybridized carbons (Fsp3) is 0.381. The third-order valence-electron chi connectivity index (χ3n) is 5.03. The van der Waals surface area contributed by atoms with Gasteiger partial charge < -0.3 is 15.5 Å². The van der Waals surface area contributed by atoms with Crippen LogP contribution in [0.25, 0.3) is 0 Å². The largest absolute Gasteiger partial charge is 0.378 e. The highest BCUT2D eigenvalue weighted by molar-refractivity contribution is 5.79. The second kappa shape index (κ2) is 7.77. The summed E-state index contributed by atoms with van der Waals surface area (Å²) in [6, 6.07) is 15.5. The Hall–Kier alpha value is -2.56. The van der Waals surface area contributed by atoms with E-state index >= 15 is 0 Å². The Bertz CT molecular complexity index is 764. The van der Waals surface area contributed by atoms with Crippen molar-refractivity contribution < 1.29 is 4.39 Å². The van der Waals surface area contributed by atoms with Crippen LogP contribution in [0.2, 0.25) is 0 Å². The van der Waals surface area contributed by atoms with E-state index in [-0.39, 0.29) is 11.2 Å². The van der Waals surface area contributed by atoms with Gasteiger partial charge in [-0.15, -0.1) is 0 Å².